The highest BCUT2D eigenvalue weighted by Gasteiger charge is 2.16. The minimum absolute atomic E-state index is 0.339. The van der Waals surface area contributed by atoms with Gasteiger partial charge in [-0.2, -0.15) is 0 Å². The van der Waals surface area contributed by atoms with Crippen molar-refractivity contribution >= 4 is 0 Å². The fourth-order valence-electron chi connectivity index (χ4n) is 2.48. The Morgan fingerprint density at radius 2 is 1.70 bits per heavy atom. The monoisotopic (exact) mass is 278 g/mol. The van der Waals surface area contributed by atoms with Gasteiger partial charge in [0.2, 0.25) is 0 Å². The van der Waals surface area contributed by atoms with E-state index in [-0.39, 0.29) is 0 Å². The molecule has 20 heavy (non-hydrogen) atoms. The molecule has 0 radical (unpaired) electrons. The van der Waals surface area contributed by atoms with E-state index >= 15 is 0 Å². The fourth-order valence-corrected chi connectivity index (χ4v) is 2.48. The first kappa shape index (κ1) is 17.0. The van der Waals surface area contributed by atoms with E-state index in [0.717, 1.165) is 19.4 Å². The number of phenols is 1. The third kappa shape index (κ3) is 5.93. The highest BCUT2D eigenvalue weighted by atomic mass is 16.3. The van der Waals surface area contributed by atoms with E-state index in [1.54, 1.807) is 12.1 Å². The van der Waals surface area contributed by atoms with Crippen LogP contribution in [0, 0.1) is 5.92 Å². The Hall–Kier alpha value is -1.06. The molecule has 0 aliphatic carbocycles. The van der Waals surface area contributed by atoms with Crippen LogP contribution >= 0.6 is 0 Å². The summed E-state index contributed by atoms with van der Waals surface area (Å²) in [6.07, 6.45) is 2.16. The molecule has 0 aliphatic rings. The predicted molar refractivity (Wildman–Crippen MR) is 86.2 cm³/mol. The molecule has 0 bridgehead atoms. The number of likely N-dealkylation sites (N-methyl/N-ethyl adjacent to an activating group) is 1. The molecule has 0 aliphatic heterocycles. The number of aryl methyl sites for hydroxylation is 1. The van der Waals surface area contributed by atoms with Gasteiger partial charge in [-0.3, -0.25) is 0 Å². The highest BCUT2D eigenvalue weighted by molar-refractivity contribution is 5.25. The summed E-state index contributed by atoms with van der Waals surface area (Å²) < 4.78 is 0. The maximum atomic E-state index is 9.27. The van der Waals surface area contributed by atoms with Gasteiger partial charge in [0.1, 0.15) is 5.75 Å². The molecular weight excluding hydrogens is 248 g/mol. The number of hydrogen-bond donors (Lipinski definition) is 2. The average molecular weight is 278 g/mol. The lowest BCUT2D eigenvalue weighted by Crippen LogP contribution is -2.44. The zero-order valence-corrected chi connectivity index (χ0v) is 13.6. The van der Waals surface area contributed by atoms with Crippen LogP contribution in [-0.4, -0.2) is 42.7 Å². The summed E-state index contributed by atoms with van der Waals surface area (Å²) >= 11 is 0. The van der Waals surface area contributed by atoms with Crippen molar-refractivity contribution in [3.8, 4) is 5.75 Å². The molecular formula is C17H30N2O. The molecule has 0 spiro atoms. The van der Waals surface area contributed by atoms with Crippen LogP contribution in [0.3, 0.4) is 0 Å². The molecule has 0 saturated heterocycles. The van der Waals surface area contributed by atoms with Crippen molar-refractivity contribution < 1.29 is 5.11 Å². The van der Waals surface area contributed by atoms with E-state index < -0.39 is 0 Å². The summed E-state index contributed by atoms with van der Waals surface area (Å²) in [6.45, 7) is 7.82. The first-order valence-electron chi connectivity index (χ1n) is 7.58. The molecule has 1 aromatic rings. The third-order valence-corrected chi connectivity index (χ3v) is 3.91. The smallest absolute Gasteiger partial charge is 0.115 e. The fraction of sp³-hybridized carbons (Fsp3) is 0.647. The molecule has 0 aromatic heterocycles. The van der Waals surface area contributed by atoms with Crippen LogP contribution in [0.15, 0.2) is 24.3 Å². The number of hydrogen-bond acceptors (Lipinski definition) is 3. The molecule has 2 atom stereocenters. The second-order valence-corrected chi connectivity index (χ2v) is 6.29. The van der Waals surface area contributed by atoms with Crippen LogP contribution in [0.25, 0.3) is 0 Å². The van der Waals surface area contributed by atoms with Crippen molar-refractivity contribution in [2.45, 2.75) is 45.7 Å². The van der Waals surface area contributed by atoms with E-state index in [1.165, 1.54) is 5.56 Å². The van der Waals surface area contributed by atoms with Crippen LogP contribution in [-0.2, 0) is 6.42 Å². The van der Waals surface area contributed by atoms with E-state index in [1.807, 2.05) is 12.1 Å². The van der Waals surface area contributed by atoms with Crippen LogP contribution in [0.4, 0.5) is 0 Å². The molecule has 2 N–H and O–H groups in total. The second-order valence-electron chi connectivity index (χ2n) is 6.29. The first-order chi connectivity index (χ1) is 9.40. The van der Waals surface area contributed by atoms with Gasteiger partial charge in [-0.15, -0.1) is 0 Å². The molecule has 1 aromatic carbocycles. The van der Waals surface area contributed by atoms with E-state index in [2.05, 4.69) is 45.1 Å². The number of benzene rings is 1. The van der Waals surface area contributed by atoms with Gasteiger partial charge in [0.15, 0.2) is 0 Å². The summed E-state index contributed by atoms with van der Waals surface area (Å²) in [4.78, 5) is 2.30. The number of aromatic hydroxyl groups is 1. The standard InChI is InChI=1S/C17H30N2O/c1-13(2)17(19(4)5)12-18-14(3)6-7-15-8-10-16(20)11-9-15/h8-11,13-14,17-18,20H,6-7,12H2,1-5H3. The lowest BCUT2D eigenvalue weighted by atomic mass is 10.0. The summed E-state index contributed by atoms with van der Waals surface area (Å²) in [6, 6.07) is 8.59. The molecule has 2 unspecified atom stereocenters. The number of nitrogens with one attached hydrogen (secondary N) is 1. The zero-order valence-electron chi connectivity index (χ0n) is 13.6. The molecule has 0 fully saturated rings. The van der Waals surface area contributed by atoms with Crippen LogP contribution in [0.2, 0.25) is 0 Å². The second kappa shape index (κ2) is 8.28. The van der Waals surface area contributed by atoms with Crippen molar-refractivity contribution in [3.63, 3.8) is 0 Å². The molecule has 0 heterocycles. The van der Waals surface area contributed by atoms with Crippen molar-refractivity contribution in [3.05, 3.63) is 29.8 Å². The van der Waals surface area contributed by atoms with Crippen molar-refractivity contribution in [1.29, 1.82) is 0 Å². The molecule has 3 nitrogen and oxygen atoms in total. The number of rotatable bonds is 8. The van der Waals surface area contributed by atoms with E-state index in [9.17, 15) is 5.11 Å². The van der Waals surface area contributed by atoms with Gasteiger partial charge in [-0.1, -0.05) is 26.0 Å². The molecule has 3 heteroatoms. The number of phenolic OH excluding ortho intramolecular Hbond substituents is 1. The average Bonchev–Trinajstić information content (AvgIpc) is 2.37. The highest BCUT2D eigenvalue weighted by Crippen LogP contribution is 2.12. The Bertz CT molecular complexity index is 365. The van der Waals surface area contributed by atoms with Gasteiger partial charge in [0, 0.05) is 18.6 Å². The van der Waals surface area contributed by atoms with Gasteiger partial charge in [0.05, 0.1) is 0 Å². The van der Waals surface area contributed by atoms with Crippen LogP contribution in [0.1, 0.15) is 32.8 Å². The summed E-state index contributed by atoms with van der Waals surface area (Å²) in [7, 11) is 4.29. The van der Waals surface area contributed by atoms with Crippen LogP contribution < -0.4 is 5.32 Å². The largest absolute Gasteiger partial charge is 0.508 e. The topological polar surface area (TPSA) is 35.5 Å². The van der Waals surface area contributed by atoms with E-state index in [4.69, 9.17) is 0 Å². The SMILES string of the molecule is CC(CCc1ccc(O)cc1)NCC(C(C)C)N(C)C. The van der Waals surface area contributed by atoms with Crippen molar-refractivity contribution in [2.24, 2.45) is 5.92 Å². The molecule has 1 rings (SSSR count). The summed E-state index contributed by atoms with van der Waals surface area (Å²) in [5.74, 6) is 0.993. The Balaban J connectivity index is 2.32. The quantitative estimate of drug-likeness (QED) is 0.767. The molecule has 0 saturated carbocycles. The summed E-state index contributed by atoms with van der Waals surface area (Å²) in [5.41, 5.74) is 1.28. The van der Waals surface area contributed by atoms with Crippen molar-refractivity contribution in [1.82, 2.24) is 10.2 Å². The molecule has 114 valence electrons. The minimum Gasteiger partial charge on any atom is -0.508 e. The van der Waals surface area contributed by atoms with Gasteiger partial charge in [-0.25, -0.2) is 0 Å². The van der Waals surface area contributed by atoms with E-state index in [0.29, 0.717) is 23.8 Å². The minimum atomic E-state index is 0.339. The number of nitrogens with zero attached hydrogens (tertiary/aromatic N) is 1. The molecule has 0 amide bonds. The van der Waals surface area contributed by atoms with Gasteiger partial charge in [-0.05, 0) is 57.5 Å². The first-order valence-corrected chi connectivity index (χ1v) is 7.58. The lowest BCUT2D eigenvalue weighted by Gasteiger charge is -2.29. The van der Waals surface area contributed by atoms with Gasteiger partial charge in [0.25, 0.3) is 0 Å². The maximum absolute atomic E-state index is 9.27. The lowest BCUT2D eigenvalue weighted by molar-refractivity contribution is 0.218. The van der Waals surface area contributed by atoms with Crippen LogP contribution in [0.5, 0.6) is 5.75 Å². The third-order valence-electron chi connectivity index (χ3n) is 3.91. The predicted octanol–water partition coefficient (Wildman–Crippen LogP) is 2.89. The Kier molecular flexibility index (Phi) is 7.03. The summed E-state index contributed by atoms with van der Waals surface area (Å²) in [5, 5.41) is 12.9. The normalized spacial score (nSPS) is 14.8. The Morgan fingerprint density at radius 3 is 2.20 bits per heavy atom. The van der Waals surface area contributed by atoms with Gasteiger partial charge < -0.3 is 15.3 Å². The Labute approximate surface area is 124 Å². The zero-order chi connectivity index (χ0) is 15.1. The Morgan fingerprint density at radius 1 is 1.10 bits per heavy atom. The maximum Gasteiger partial charge on any atom is 0.115 e. The van der Waals surface area contributed by atoms with Gasteiger partial charge >= 0.3 is 0 Å². The van der Waals surface area contributed by atoms with Crippen molar-refractivity contribution in [2.75, 3.05) is 20.6 Å².